The molecule has 1 N–H and O–H groups in total. The molecule has 0 amide bonds. The van der Waals surface area contributed by atoms with Crippen LogP contribution in [-0.2, 0) is 13.6 Å². The third-order valence-corrected chi connectivity index (χ3v) is 5.68. The molecule has 0 spiro atoms. The van der Waals surface area contributed by atoms with Crippen LogP contribution in [0.5, 0.6) is 0 Å². The van der Waals surface area contributed by atoms with Gasteiger partial charge in [-0.15, -0.1) is 0 Å². The molecule has 0 saturated carbocycles. The molecule has 0 aromatic heterocycles. The third-order valence-electron chi connectivity index (χ3n) is 3.14. The van der Waals surface area contributed by atoms with Gasteiger partial charge in [-0.3, -0.25) is 4.57 Å². The summed E-state index contributed by atoms with van der Waals surface area (Å²) < 4.78 is 23.1. The molecule has 1 unspecified atom stereocenters. The molecular formula is C13H30NO4P. The highest BCUT2D eigenvalue weighted by atomic mass is 31.2. The zero-order valence-electron chi connectivity index (χ0n) is 13.2. The Morgan fingerprint density at radius 2 is 1.53 bits per heavy atom. The number of hydrogen-bond donors (Lipinski definition) is 1. The lowest BCUT2D eigenvalue weighted by Gasteiger charge is -2.37. The molecule has 0 fully saturated rings. The van der Waals surface area contributed by atoms with Gasteiger partial charge in [0.1, 0.15) is 0 Å². The quantitative estimate of drug-likeness (QED) is 0.628. The topological polar surface area (TPSA) is 59.0 Å². The van der Waals surface area contributed by atoms with E-state index in [1.165, 1.54) is 0 Å². The lowest BCUT2D eigenvalue weighted by atomic mass is 9.93. The molecule has 0 aromatic carbocycles. The van der Waals surface area contributed by atoms with Crippen LogP contribution in [0, 0.1) is 5.41 Å². The standard InChI is InChI=1S/C13H30NO4P/c1-7-14(8-2)11-13(5,6)12(15)19(16,17-9-3)18-10-4/h12,15H,7-11H2,1-6H3. The first kappa shape index (κ1) is 19.1. The van der Waals surface area contributed by atoms with E-state index in [2.05, 4.69) is 18.7 Å². The Labute approximate surface area is 117 Å². The average Bonchev–Trinajstić information content (AvgIpc) is 2.35. The third kappa shape index (κ3) is 5.52. The predicted molar refractivity (Wildman–Crippen MR) is 78.4 cm³/mol. The van der Waals surface area contributed by atoms with Gasteiger partial charge >= 0.3 is 7.60 Å². The second-order valence-corrected chi connectivity index (χ2v) is 7.28. The Kier molecular flexibility index (Phi) is 8.41. The fourth-order valence-electron chi connectivity index (χ4n) is 2.07. The van der Waals surface area contributed by atoms with Crippen LogP contribution < -0.4 is 0 Å². The summed E-state index contributed by atoms with van der Waals surface area (Å²) in [5.74, 6) is -1.12. The zero-order valence-corrected chi connectivity index (χ0v) is 14.1. The monoisotopic (exact) mass is 295 g/mol. The molecule has 0 aliphatic rings. The summed E-state index contributed by atoms with van der Waals surface area (Å²) in [5, 5.41) is 10.5. The van der Waals surface area contributed by atoms with Gasteiger partial charge in [-0.2, -0.15) is 0 Å². The SMILES string of the molecule is CCOP(=O)(OCC)C(O)C(C)(C)CN(CC)CC. The Bertz CT molecular complexity index is 282. The number of hydrogen-bond acceptors (Lipinski definition) is 5. The summed E-state index contributed by atoms with van der Waals surface area (Å²) in [5.41, 5.74) is -0.564. The highest BCUT2D eigenvalue weighted by molar-refractivity contribution is 7.54. The summed E-state index contributed by atoms with van der Waals surface area (Å²) in [6, 6.07) is 0. The van der Waals surface area contributed by atoms with Gasteiger partial charge in [-0.1, -0.05) is 27.7 Å². The van der Waals surface area contributed by atoms with Crippen molar-refractivity contribution in [3.63, 3.8) is 0 Å². The molecule has 0 radical (unpaired) electrons. The highest BCUT2D eigenvalue weighted by Gasteiger charge is 2.45. The van der Waals surface area contributed by atoms with Crippen LogP contribution in [0.15, 0.2) is 0 Å². The fourth-order valence-corrected chi connectivity index (χ4v) is 4.09. The molecule has 0 saturated heterocycles. The number of rotatable bonds is 10. The van der Waals surface area contributed by atoms with Gasteiger partial charge < -0.3 is 19.1 Å². The first-order valence-electron chi connectivity index (χ1n) is 7.06. The molecule has 6 heteroatoms. The number of nitrogens with zero attached hydrogens (tertiary/aromatic N) is 1. The van der Waals surface area contributed by atoms with Gasteiger partial charge in [-0.05, 0) is 26.9 Å². The molecule has 0 aliphatic heterocycles. The molecule has 5 nitrogen and oxygen atoms in total. The van der Waals surface area contributed by atoms with Crippen molar-refractivity contribution >= 4 is 7.60 Å². The molecular weight excluding hydrogens is 265 g/mol. The minimum absolute atomic E-state index is 0.260. The maximum atomic E-state index is 12.6. The molecule has 0 bridgehead atoms. The van der Waals surface area contributed by atoms with Gasteiger partial charge in [0.25, 0.3) is 0 Å². The number of aliphatic hydroxyl groups excluding tert-OH is 1. The summed E-state index contributed by atoms with van der Waals surface area (Å²) in [4.78, 5) is 2.19. The Morgan fingerprint density at radius 3 is 1.84 bits per heavy atom. The minimum atomic E-state index is -3.48. The smallest absolute Gasteiger partial charge is 0.359 e. The first-order chi connectivity index (χ1) is 8.77. The molecule has 116 valence electrons. The van der Waals surface area contributed by atoms with E-state index in [-0.39, 0.29) is 13.2 Å². The number of aliphatic hydroxyl groups is 1. The normalized spacial score (nSPS) is 14.9. The van der Waals surface area contributed by atoms with Crippen LogP contribution in [0.2, 0.25) is 0 Å². The average molecular weight is 295 g/mol. The van der Waals surface area contributed by atoms with E-state index in [9.17, 15) is 9.67 Å². The van der Waals surface area contributed by atoms with Crippen molar-refractivity contribution in [2.45, 2.75) is 47.4 Å². The summed E-state index contributed by atoms with van der Waals surface area (Å²) in [7, 11) is -3.48. The lowest BCUT2D eigenvalue weighted by molar-refractivity contribution is 0.0463. The van der Waals surface area contributed by atoms with Crippen molar-refractivity contribution in [1.82, 2.24) is 4.90 Å². The zero-order chi connectivity index (χ0) is 15.1. The summed E-state index contributed by atoms with van der Waals surface area (Å²) >= 11 is 0. The van der Waals surface area contributed by atoms with Crippen LogP contribution in [0.25, 0.3) is 0 Å². The highest BCUT2D eigenvalue weighted by Crippen LogP contribution is 2.57. The van der Waals surface area contributed by atoms with E-state index < -0.39 is 18.9 Å². The molecule has 19 heavy (non-hydrogen) atoms. The summed E-state index contributed by atoms with van der Waals surface area (Å²) in [6.45, 7) is 14.3. The van der Waals surface area contributed by atoms with Crippen LogP contribution in [-0.4, -0.2) is 48.7 Å². The second-order valence-electron chi connectivity index (χ2n) is 5.20. The fraction of sp³-hybridized carbons (Fsp3) is 1.00. The van der Waals surface area contributed by atoms with Crippen molar-refractivity contribution in [2.75, 3.05) is 32.8 Å². The van der Waals surface area contributed by atoms with Gasteiger partial charge in [0, 0.05) is 12.0 Å². The van der Waals surface area contributed by atoms with Crippen LogP contribution in [0.4, 0.5) is 0 Å². The van der Waals surface area contributed by atoms with E-state index in [0.29, 0.717) is 6.54 Å². The molecule has 0 aromatic rings. The van der Waals surface area contributed by atoms with E-state index >= 15 is 0 Å². The van der Waals surface area contributed by atoms with E-state index in [4.69, 9.17) is 9.05 Å². The summed E-state index contributed by atoms with van der Waals surface area (Å²) in [6.07, 6.45) is 0. The molecule has 0 heterocycles. The Balaban J connectivity index is 4.99. The maximum absolute atomic E-state index is 12.6. The van der Waals surface area contributed by atoms with Crippen LogP contribution in [0.1, 0.15) is 41.5 Å². The van der Waals surface area contributed by atoms with Crippen LogP contribution >= 0.6 is 7.60 Å². The van der Waals surface area contributed by atoms with E-state index in [1.54, 1.807) is 13.8 Å². The molecule has 1 atom stereocenters. The van der Waals surface area contributed by atoms with Gasteiger partial charge in [0.2, 0.25) is 0 Å². The Hall–Kier alpha value is 0.0700. The largest absolute Gasteiger partial charge is 0.380 e. The van der Waals surface area contributed by atoms with Crippen molar-refractivity contribution in [3.8, 4) is 0 Å². The van der Waals surface area contributed by atoms with Crippen molar-refractivity contribution < 1.29 is 18.7 Å². The van der Waals surface area contributed by atoms with Gasteiger partial charge in [0.05, 0.1) is 13.2 Å². The van der Waals surface area contributed by atoms with E-state index in [1.807, 2.05) is 13.8 Å². The van der Waals surface area contributed by atoms with E-state index in [0.717, 1.165) is 13.1 Å². The Morgan fingerprint density at radius 1 is 1.11 bits per heavy atom. The van der Waals surface area contributed by atoms with Crippen molar-refractivity contribution in [3.05, 3.63) is 0 Å². The maximum Gasteiger partial charge on any atom is 0.359 e. The van der Waals surface area contributed by atoms with Crippen molar-refractivity contribution in [1.29, 1.82) is 0 Å². The lowest BCUT2D eigenvalue weighted by Crippen LogP contribution is -2.42. The minimum Gasteiger partial charge on any atom is -0.380 e. The first-order valence-corrected chi connectivity index (χ1v) is 8.67. The predicted octanol–water partition coefficient (Wildman–Crippen LogP) is 2.94. The van der Waals surface area contributed by atoms with Crippen molar-refractivity contribution in [2.24, 2.45) is 5.41 Å². The van der Waals surface area contributed by atoms with Gasteiger partial charge in [-0.25, -0.2) is 0 Å². The molecule has 0 aliphatic carbocycles. The van der Waals surface area contributed by atoms with Gasteiger partial charge in [0.15, 0.2) is 5.85 Å². The second kappa shape index (κ2) is 8.38. The molecule has 0 rings (SSSR count). The van der Waals surface area contributed by atoms with Crippen LogP contribution in [0.3, 0.4) is 0 Å².